The number of rotatable bonds is 6. The Kier molecular flexibility index (Phi) is 4.89. The first kappa shape index (κ1) is 14.3. The zero-order valence-corrected chi connectivity index (χ0v) is 12.2. The van der Waals surface area contributed by atoms with Gasteiger partial charge in [-0.1, -0.05) is 29.5 Å². The molecule has 1 amide bonds. The van der Waals surface area contributed by atoms with Crippen LogP contribution in [0.3, 0.4) is 0 Å². The molecule has 0 saturated heterocycles. The number of hydrogen-bond donors (Lipinski definition) is 2. The second kappa shape index (κ2) is 6.85. The van der Waals surface area contributed by atoms with Crippen molar-refractivity contribution in [1.29, 1.82) is 0 Å². The number of nitrogens with one attached hydrogen (secondary N) is 2. The van der Waals surface area contributed by atoms with E-state index in [-0.39, 0.29) is 5.91 Å². The van der Waals surface area contributed by atoms with Crippen molar-refractivity contribution in [3.05, 3.63) is 34.8 Å². The van der Waals surface area contributed by atoms with Crippen LogP contribution >= 0.6 is 11.3 Å². The van der Waals surface area contributed by atoms with Crippen molar-refractivity contribution >= 4 is 22.4 Å². The monoisotopic (exact) mass is 292 g/mol. The fraction of sp³-hybridized carbons (Fsp3) is 0.308. The van der Waals surface area contributed by atoms with Gasteiger partial charge in [0.1, 0.15) is 5.75 Å². The van der Waals surface area contributed by atoms with E-state index in [4.69, 9.17) is 4.74 Å². The summed E-state index contributed by atoms with van der Waals surface area (Å²) in [5, 5.41) is 14.6. The molecular weight excluding hydrogens is 276 g/mol. The standard InChI is InChI=1S/C13H16N4O2S/c1-3-14-13-17-16-12(20-13)11(18)15-8-9-6-4-5-7-10(9)19-2/h4-7H,3,8H2,1-2H3,(H,14,17)(H,15,18). The van der Waals surface area contributed by atoms with Crippen LogP contribution in [-0.2, 0) is 6.54 Å². The Morgan fingerprint density at radius 2 is 2.15 bits per heavy atom. The minimum atomic E-state index is -0.238. The maximum atomic E-state index is 12.0. The highest BCUT2D eigenvalue weighted by Gasteiger charge is 2.12. The number of carbonyl (C=O) groups is 1. The quantitative estimate of drug-likeness (QED) is 0.850. The molecule has 2 aromatic rings. The Labute approximate surface area is 121 Å². The summed E-state index contributed by atoms with van der Waals surface area (Å²) < 4.78 is 5.23. The lowest BCUT2D eigenvalue weighted by Gasteiger charge is -2.08. The van der Waals surface area contributed by atoms with E-state index in [1.165, 1.54) is 11.3 Å². The van der Waals surface area contributed by atoms with Crippen LogP contribution in [0.15, 0.2) is 24.3 Å². The van der Waals surface area contributed by atoms with Crippen LogP contribution in [0.1, 0.15) is 22.3 Å². The Balaban J connectivity index is 1.97. The first-order chi connectivity index (χ1) is 9.74. The molecule has 0 atom stereocenters. The Hall–Kier alpha value is -2.15. The molecule has 6 nitrogen and oxygen atoms in total. The van der Waals surface area contributed by atoms with Gasteiger partial charge in [0.2, 0.25) is 10.1 Å². The van der Waals surface area contributed by atoms with Gasteiger partial charge in [0, 0.05) is 18.7 Å². The molecule has 0 bridgehead atoms. The molecule has 0 spiro atoms. The average Bonchev–Trinajstić information content (AvgIpc) is 2.94. The number of aromatic nitrogens is 2. The summed E-state index contributed by atoms with van der Waals surface area (Å²) in [5.41, 5.74) is 0.916. The Morgan fingerprint density at radius 3 is 2.90 bits per heavy atom. The number of ether oxygens (including phenoxy) is 1. The van der Waals surface area contributed by atoms with E-state index < -0.39 is 0 Å². The first-order valence-electron chi connectivity index (χ1n) is 6.22. The first-order valence-corrected chi connectivity index (χ1v) is 7.03. The summed E-state index contributed by atoms with van der Waals surface area (Å²) in [6.45, 7) is 3.10. The fourth-order valence-electron chi connectivity index (χ4n) is 1.64. The Morgan fingerprint density at radius 1 is 1.35 bits per heavy atom. The molecule has 0 radical (unpaired) electrons. The third-order valence-corrected chi connectivity index (χ3v) is 3.46. The summed E-state index contributed by atoms with van der Waals surface area (Å²) in [5.74, 6) is 0.510. The molecule has 0 aliphatic carbocycles. The van der Waals surface area contributed by atoms with E-state index >= 15 is 0 Å². The predicted molar refractivity (Wildman–Crippen MR) is 78.2 cm³/mol. The van der Waals surface area contributed by atoms with E-state index in [1.54, 1.807) is 7.11 Å². The molecule has 106 valence electrons. The van der Waals surface area contributed by atoms with Crippen molar-refractivity contribution in [2.45, 2.75) is 13.5 Å². The number of carbonyl (C=O) groups excluding carboxylic acids is 1. The summed E-state index contributed by atoms with van der Waals surface area (Å²) in [4.78, 5) is 12.0. The van der Waals surface area contributed by atoms with Gasteiger partial charge in [-0.3, -0.25) is 4.79 Å². The van der Waals surface area contributed by atoms with Crippen LogP contribution in [0.2, 0.25) is 0 Å². The maximum Gasteiger partial charge on any atom is 0.282 e. The second-order valence-electron chi connectivity index (χ2n) is 3.94. The van der Waals surface area contributed by atoms with E-state index in [2.05, 4.69) is 20.8 Å². The van der Waals surface area contributed by atoms with Crippen LogP contribution < -0.4 is 15.4 Å². The minimum Gasteiger partial charge on any atom is -0.496 e. The fourth-order valence-corrected chi connectivity index (χ4v) is 2.37. The van der Waals surface area contributed by atoms with Gasteiger partial charge in [-0.2, -0.15) is 0 Å². The molecule has 2 rings (SSSR count). The lowest BCUT2D eigenvalue weighted by molar-refractivity contribution is 0.0949. The molecule has 1 aromatic heterocycles. The number of nitrogens with zero attached hydrogens (tertiary/aromatic N) is 2. The van der Waals surface area contributed by atoms with E-state index in [0.717, 1.165) is 17.9 Å². The largest absolute Gasteiger partial charge is 0.496 e. The SMILES string of the molecule is CCNc1nnc(C(=O)NCc2ccccc2OC)s1. The molecular formula is C13H16N4O2S. The highest BCUT2D eigenvalue weighted by Crippen LogP contribution is 2.18. The van der Waals surface area contributed by atoms with Crippen molar-refractivity contribution in [1.82, 2.24) is 15.5 Å². The summed E-state index contributed by atoms with van der Waals surface area (Å²) in [7, 11) is 1.61. The van der Waals surface area contributed by atoms with Gasteiger partial charge in [0.15, 0.2) is 0 Å². The molecule has 0 aliphatic rings. The number of benzene rings is 1. The van der Waals surface area contributed by atoms with Crippen molar-refractivity contribution in [2.24, 2.45) is 0 Å². The van der Waals surface area contributed by atoms with E-state index in [1.807, 2.05) is 31.2 Å². The molecule has 7 heteroatoms. The van der Waals surface area contributed by atoms with Gasteiger partial charge in [-0.15, -0.1) is 10.2 Å². The predicted octanol–water partition coefficient (Wildman–Crippen LogP) is 1.91. The van der Waals surface area contributed by atoms with E-state index in [0.29, 0.717) is 16.7 Å². The molecule has 20 heavy (non-hydrogen) atoms. The number of para-hydroxylation sites is 1. The summed E-state index contributed by atoms with van der Waals surface area (Å²) in [6.07, 6.45) is 0. The average molecular weight is 292 g/mol. The number of methoxy groups -OCH3 is 1. The van der Waals surface area contributed by atoms with Gasteiger partial charge >= 0.3 is 0 Å². The molecule has 0 fully saturated rings. The highest BCUT2D eigenvalue weighted by atomic mass is 32.1. The topological polar surface area (TPSA) is 76.1 Å². The third kappa shape index (κ3) is 3.45. The van der Waals surface area contributed by atoms with E-state index in [9.17, 15) is 4.79 Å². The molecule has 0 unspecified atom stereocenters. The van der Waals surface area contributed by atoms with Crippen LogP contribution in [-0.4, -0.2) is 29.8 Å². The summed E-state index contributed by atoms with van der Waals surface area (Å²) >= 11 is 1.23. The smallest absolute Gasteiger partial charge is 0.282 e. The number of anilines is 1. The zero-order chi connectivity index (χ0) is 14.4. The third-order valence-electron chi connectivity index (χ3n) is 2.58. The molecule has 1 aromatic carbocycles. The van der Waals surface area contributed by atoms with Gasteiger partial charge in [-0.25, -0.2) is 0 Å². The van der Waals surface area contributed by atoms with Gasteiger partial charge in [0.25, 0.3) is 5.91 Å². The highest BCUT2D eigenvalue weighted by molar-refractivity contribution is 7.17. The van der Waals surface area contributed by atoms with Gasteiger partial charge in [-0.05, 0) is 13.0 Å². The Bertz CT molecular complexity index is 585. The molecule has 2 N–H and O–H groups in total. The van der Waals surface area contributed by atoms with Gasteiger partial charge in [0.05, 0.1) is 7.11 Å². The summed E-state index contributed by atoms with van der Waals surface area (Å²) in [6, 6.07) is 7.55. The number of hydrogen-bond acceptors (Lipinski definition) is 6. The molecule has 0 saturated carbocycles. The van der Waals surface area contributed by atoms with Gasteiger partial charge < -0.3 is 15.4 Å². The normalized spacial score (nSPS) is 10.1. The maximum absolute atomic E-state index is 12.0. The zero-order valence-electron chi connectivity index (χ0n) is 11.3. The van der Waals surface area contributed by atoms with Crippen molar-refractivity contribution in [3.8, 4) is 5.75 Å². The lowest BCUT2D eigenvalue weighted by Crippen LogP contribution is -2.22. The van der Waals surface area contributed by atoms with Crippen molar-refractivity contribution < 1.29 is 9.53 Å². The van der Waals surface area contributed by atoms with Crippen molar-refractivity contribution in [3.63, 3.8) is 0 Å². The minimum absolute atomic E-state index is 0.238. The molecule has 1 heterocycles. The lowest BCUT2D eigenvalue weighted by atomic mass is 10.2. The number of amides is 1. The molecule has 0 aliphatic heterocycles. The van der Waals surface area contributed by atoms with Crippen LogP contribution in [0.25, 0.3) is 0 Å². The van der Waals surface area contributed by atoms with Crippen LogP contribution in [0.4, 0.5) is 5.13 Å². The van der Waals surface area contributed by atoms with Crippen molar-refractivity contribution in [2.75, 3.05) is 19.0 Å². The van der Waals surface area contributed by atoms with Crippen LogP contribution in [0, 0.1) is 0 Å². The second-order valence-corrected chi connectivity index (χ2v) is 4.91. The van der Waals surface area contributed by atoms with Crippen LogP contribution in [0.5, 0.6) is 5.75 Å².